The van der Waals surface area contributed by atoms with Crippen molar-refractivity contribution in [2.45, 2.75) is 32.9 Å². The molecule has 0 aliphatic heterocycles. The van der Waals surface area contributed by atoms with Gasteiger partial charge in [0, 0.05) is 25.1 Å². The molecule has 4 aromatic rings. The van der Waals surface area contributed by atoms with Gasteiger partial charge in [-0.05, 0) is 24.6 Å². The van der Waals surface area contributed by atoms with Crippen LogP contribution < -0.4 is 10.9 Å². The minimum atomic E-state index is -0.822. The molecule has 1 atom stereocenters. The molecule has 0 saturated heterocycles. The fraction of sp³-hybridized carbons (Fsp3) is 0.250. The fourth-order valence-corrected chi connectivity index (χ4v) is 3.28. The highest BCUT2D eigenvalue weighted by atomic mass is 19.1. The van der Waals surface area contributed by atoms with Crippen LogP contribution in [0.4, 0.5) is 4.39 Å². The molecule has 3 aromatic heterocycles. The van der Waals surface area contributed by atoms with Gasteiger partial charge in [-0.1, -0.05) is 19.1 Å². The normalized spacial score (nSPS) is 12.5. The summed E-state index contributed by atoms with van der Waals surface area (Å²) in [5.74, 6) is -0.0930. The van der Waals surface area contributed by atoms with Gasteiger partial charge in [0.15, 0.2) is 5.58 Å². The van der Waals surface area contributed by atoms with Crippen molar-refractivity contribution < 1.29 is 13.6 Å². The Morgan fingerprint density at radius 1 is 1.29 bits per heavy atom. The van der Waals surface area contributed by atoms with E-state index in [-0.39, 0.29) is 23.8 Å². The van der Waals surface area contributed by atoms with Crippen molar-refractivity contribution in [3.05, 3.63) is 70.2 Å². The van der Waals surface area contributed by atoms with Gasteiger partial charge in [0.05, 0.1) is 11.8 Å². The van der Waals surface area contributed by atoms with Crippen LogP contribution in [0.15, 0.2) is 51.9 Å². The maximum Gasteiger partial charge on any atom is 0.291 e. The van der Waals surface area contributed by atoms with Gasteiger partial charge in [-0.15, -0.1) is 0 Å². The molecule has 0 unspecified atom stereocenters. The number of amides is 1. The van der Waals surface area contributed by atoms with E-state index < -0.39 is 6.04 Å². The molecule has 0 fully saturated rings. The lowest BCUT2D eigenvalue weighted by Gasteiger charge is -2.16. The van der Waals surface area contributed by atoms with Gasteiger partial charge in [0.2, 0.25) is 5.91 Å². The number of rotatable bonds is 5. The van der Waals surface area contributed by atoms with E-state index in [0.717, 1.165) is 5.52 Å². The van der Waals surface area contributed by atoms with E-state index in [1.165, 1.54) is 16.8 Å². The number of nitrogens with one attached hydrogen (secondary N) is 1. The Labute approximate surface area is 159 Å². The van der Waals surface area contributed by atoms with Crippen LogP contribution in [-0.4, -0.2) is 20.1 Å². The lowest BCUT2D eigenvalue weighted by atomic mass is 10.2. The second-order valence-corrected chi connectivity index (χ2v) is 6.58. The summed E-state index contributed by atoms with van der Waals surface area (Å²) in [6.45, 7) is 3.70. The summed E-state index contributed by atoms with van der Waals surface area (Å²) in [5.41, 5.74) is 2.03. The highest BCUT2D eigenvalue weighted by Crippen LogP contribution is 2.21. The topological polar surface area (TPSA) is 81.5 Å². The molecule has 8 heteroatoms. The Morgan fingerprint density at radius 3 is 2.86 bits per heavy atom. The third kappa shape index (κ3) is 2.96. The van der Waals surface area contributed by atoms with E-state index in [2.05, 4.69) is 10.4 Å². The number of hydrogen-bond donors (Lipinski definition) is 1. The molecule has 1 amide bonds. The van der Waals surface area contributed by atoms with Crippen molar-refractivity contribution in [2.24, 2.45) is 0 Å². The van der Waals surface area contributed by atoms with Crippen LogP contribution in [0.2, 0.25) is 0 Å². The summed E-state index contributed by atoms with van der Waals surface area (Å²) in [6.07, 6.45) is 2.13. The molecular formula is C20H19FN4O3. The van der Waals surface area contributed by atoms with Crippen molar-refractivity contribution in [3.63, 3.8) is 0 Å². The fourth-order valence-electron chi connectivity index (χ4n) is 3.28. The smallest absolute Gasteiger partial charge is 0.291 e. The van der Waals surface area contributed by atoms with Gasteiger partial charge < -0.3 is 9.73 Å². The van der Waals surface area contributed by atoms with Crippen molar-refractivity contribution in [1.82, 2.24) is 19.5 Å². The van der Waals surface area contributed by atoms with E-state index in [1.807, 2.05) is 6.92 Å². The van der Waals surface area contributed by atoms with E-state index in [4.69, 9.17) is 4.42 Å². The molecule has 0 bridgehead atoms. The number of fused-ring (bicyclic) bond motifs is 3. The first kappa shape index (κ1) is 18.0. The number of aryl methyl sites for hydroxylation is 1. The molecule has 0 spiro atoms. The Bertz CT molecular complexity index is 1240. The Hall–Kier alpha value is -3.42. The SMILES string of the molecule is CCc1nn([C@@H](C)C(=O)NCc2cccc(F)c2)c(=O)c2cc3occc3n12. The Kier molecular flexibility index (Phi) is 4.46. The summed E-state index contributed by atoms with van der Waals surface area (Å²) in [7, 11) is 0. The van der Waals surface area contributed by atoms with Crippen molar-refractivity contribution in [3.8, 4) is 0 Å². The number of carbonyl (C=O) groups is 1. The lowest BCUT2D eigenvalue weighted by Crippen LogP contribution is -2.38. The number of aromatic nitrogens is 3. The van der Waals surface area contributed by atoms with E-state index in [0.29, 0.717) is 28.9 Å². The summed E-state index contributed by atoms with van der Waals surface area (Å²) in [6, 6.07) is 8.61. The van der Waals surface area contributed by atoms with Gasteiger partial charge in [-0.3, -0.25) is 14.0 Å². The minimum Gasteiger partial charge on any atom is -0.463 e. The first-order valence-corrected chi connectivity index (χ1v) is 9.02. The lowest BCUT2D eigenvalue weighted by molar-refractivity contribution is -0.124. The molecule has 0 radical (unpaired) electrons. The minimum absolute atomic E-state index is 0.163. The summed E-state index contributed by atoms with van der Waals surface area (Å²) >= 11 is 0. The molecule has 0 saturated carbocycles. The largest absolute Gasteiger partial charge is 0.463 e. The van der Waals surface area contributed by atoms with Gasteiger partial charge in [0.1, 0.15) is 23.2 Å². The van der Waals surface area contributed by atoms with E-state index in [1.54, 1.807) is 41.9 Å². The molecule has 7 nitrogen and oxygen atoms in total. The predicted octanol–water partition coefficient (Wildman–Crippen LogP) is 2.82. The molecule has 144 valence electrons. The van der Waals surface area contributed by atoms with Crippen molar-refractivity contribution in [2.75, 3.05) is 0 Å². The Morgan fingerprint density at radius 2 is 2.11 bits per heavy atom. The number of carbonyl (C=O) groups excluding carboxylic acids is 1. The zero-order chi connectivity index (χ0) is 19.8. The van der Waals surface area contributed by atoms with Crippen LogP contribution in [0.5, 0.6) is 0 Å². The maximum absolute atomic E-state index is 13.3. The average Bonchev–Trinajstić information content (AvgIpc) is 3.28. The average molecular weight is 382 g/mol. The van der Waals surface area contributed by atoms with Crippen LogP contribution in [-0.2, 0) is 17.8 Å². The number of halogens is 1. The van der Waals surface area contributed by atoms with Crippen LogP contribution in [0, 0.1) is 5.82 Å². The van der Waals surface area contributed by atoms with Crippen molar-refractivity contribution in [1.29, 1.82) is 0 Å². The van der Waals surface area contributed by atoms with Crippen LogP contribution in [0.3, 0.4) is 0 Å². The van der Waals surface area contributed by atoms with Crippen LogP contribution in [0.1, 0.15) is 31.3 Å². The zero-order valence-corrected chi connectivity index (χ0v) is 15.5. The number of hydrogen-bond acceptors (Lipinski definition) is 4. The number of benzene rings is 1. The predicted molar refractivity (Wildman–Crippen MR) is 102 cm³/mol. The molecule has 0 aliphatic carbocycles. The molecule has 1 aromatic carbocycles. The first-order chi connectivity index (χ1) is 13.5. The highest BCUT2D eigenvalue weighted by Gasteiger charge is 2.22. The number of furan rings is 1. The Balaban J connectivity index is 1.66. The summed E-state index contributed by atoms with van der Waals surface area (Å²) in [5, 5.41) is 7.14. The maximum atomic E-state index is 13.3. The molecule has 3 heterocycles. The monoisotopic (exact) mass is 382 g/mol. The third-order valence-corrected chi connectivity index (χ3v) is 4.75. The second-order valence-electron chi connectivity index (χ2n) is 6.58. The quantitative estimate of drug-likeness (QED) is 0.575. The van der Waals surface area contributed by atoms with Gasteiger partial charge >= 0.3 is 0 Å². The first-order valence-electron chi connectivity index (χ1n) is 9.02. The third-order valence-electron chi connectivity index (χ3n) is 4.75. The second kappa shape index (κ2) is 6.95. The molecule has 28 heavy (non-hydrogen) atoms. The van der Waals surface area contributed by atoms with E-state index in [9.17, 15) is 14.0 Å². The highest BCUT2D eigenvalue weighted by molar-refractivity contribution is 5.83. The summed E-state index contributed by atoms with van der Waals surface area (Å²) in [4.78, 5) is 25.5. The van der Waals surface area contributed by atoms with Crippen LogP contribution in [0.25, 0.3) is 16.6 Å². The van der Waals surface area contributed by atoms with Gasteiger partial charge in [0.25, 0.3) is 5.56 Å². The van der Waals surface area contributed by atoms with Gasteiger partial charge in [-0.2, -0.15) is 5.10 Å². The van der Waals surface area contributed by atoms with Crippen LogP contribution >= 0.6 is 0 Å². The standard InChI is InChI=1S/C20H19FN4O3/c1-3-18-23-25(20(27)16-10-17-15(24(16)18)7-8-28-17)12(2)19(26)22-11-13-5-4-6-14(21)9-13/h4-10,12H,3,11H2,1-2H3,(H,22,26)/t12-/m0/s1. The molecule has 0 aliphatic rings. The molecular weight excluding hydrogens is 363 g/mol. The summed E-state index contributed by atoms with van der Waals surface area (Å²) < 4.78 is 21.6. The van der Waals surface area contributed by atoms with Gasteiger partial charge in [-0.25, -0.2) is 9.07 Å². The molecule has 4 rings (SSSR count). The van der Waals surface area contributed by atoms with Crippen molar-refractivity contribution >= 4 is 22.5 Å². The number of nitrogens with zero attached hydrogens (tertiary/aromatic N) is 3. The zero-order valence-electron chi connectivity index (χ0n) is 15.5. The van der Waals surface area contributed by atoms with E-state index >= 15 is 0 Å². The molecule has 1 N–H and O–H groups in total.